The van der Waals surface area contributed by atoms with Crippen molar-refractivity contribution in [2.45, 2.75) is 32.6 Å². The minimum atomic E-state index is 0.597. The van der Waals surface area contributed by atoms with E-state index in [9.17, 15) is 0 Å². The van der Waals surface area contributed by atoms with Gasteiger partial charge in [-0.3, -0.25) is 0 Å². The van der Waals surface area contributed by atoms with Crippen LogP contribution in [0.3, 0.4) is 0 Å². The number of benzene rings is 1. The zero-order valence-electron chi connectivity index (χ0n) is 10.7. The SMILES string of the molecule is CCCCc1noc(-c2cccc(CCN)c2)n1. The van der Waals surface area contributed by atoms with E-state index in [1.165, 1.54) is 5.56 Å². The van der Waals surface area contributed by atoms with E-state index < -0.39 is 0 Å². The van der Waals surface area contributed by atoms with Crippen LogP contribution in [0, 0.1) is 0 Å². The van der Waals surface area contributed by atoms with Gasteiger partial charge < -0.3 is 10.3 Å². The predicted octanol–water partition coefficient (Wildman–Crippen LogP) is 2.58. The topological polar surface area (TPSA) is 64.9 Å². The van der Waals surface area contributed by atoms with Crippen LogP contribution in [0.15, 0.2) is 28.8 Å². The van der Waals surface area contributed by atoms with Crippen molar-refractivity contribution < 1.29 is 4.52 Å². The summed E-state index contributed by atoms with van der Waals surface area (Å²) in [6.07, 6.45) is 3.97. The van der Waals surface area contributed by atoms with Gasteiger partial charge in [-0.2, -0.15) is 4.98 Å². The predicted molar refractivity (Wildman–Crippen MR) is 71.1 cm³/mol. The van der Waals surface area contributed by atoms with Crippen molar-refractivity contribution in [3.8, 4) is 11.5 Å². The molecule has 0 aliphatic heterocycles. The molecule has 0 atom stereocenters. The van der Waals surface area contributed by atoms with E-state index in [0.29, 0.717) is 12.4 Å². The molecule has 2 N–H and O–H groups in total. The van der Waals surface area contributed by atoms with Gasteiger partial charge in [0.15, 0.2) is 5.82 Å². The van der Waals surface area contributed by atoms with E-state index >= 15 is 0 Å². The average Bonchev–Trinajstić information content (AvgIpc) is 2.86. The number of unbranched alkanes of at least 4 members (excludes halogenated alkanes) is 1. The number of hydrogen-bond donors (Lipinski definition) is 1. The van der Waals surface area contributed by atoms with Crippen molar-refractivity contribution in [2.75, 3.05) is 6.54 Å². The van der Waals surface area contributed by atoms with Crippen molar-refractivity contribution in [3.63, 3.8) is 0 Å². The first-order chi connectivity index (χ1) is 8.83. The standard InChI is InChI=1S/C14H19N3O/c1-2-3-7-13-16-14(18-17-13)12-6-4-5-11(10-12)8-9-15/h4-6,10H,2-3,7-9,15H2,1H3. The van der Waals surface area contributed by atoms with Crippen molar-refractivity contribution in [3.05, 3.63) is 35.7 Å². The quantitative estimate of drug-likeness (QED) is 0.849. The normalized spacial score (nSPS) is 10.8. The lowest BCUT2D eigenvalue weighted by Crippen LogP contribution is -2.02. The fourth-order valence-electron chi connectivity index (χ4n) is 1.83. The van der Waals surface area contributed by atoms with Gasteiger partial charge in [0.05, 0.1) is 0 Å². The molecule has 1 aromatic heterocycles. The summed E-state index contributed by atoms with van der Waals surface area (Å²) in [6.45, 7) is 2.80. The van der Waals surface area contributed by atoms with Crippen LogP contribution in [-0.4, -0.2) is 16.7 Å². The molecule has 2 rings (SSSR count). The van der Waals surface area contributed by atoms with Crippen LogP contribution >= 0.6 is 0 Å². The highest BCUT2D eigenvalue weighted by molar-refractivity contribution is 5.54. The van der Waals surface area contributed by atoms with Crippen LogP contribution in [0.25, 0.3) is 11.5 Å². The van der Waals surface area contributed by atoms with E-state index in [2.05, 4.69) is 29.2 Å². The number of hydrogen-bond acceptors (Lipinski definition) is 4. The fraction of sp³-hybridized carbons (Fsp3) is 0.429. The van der Waals surface area contributed by atoms with Crippen LogP contribution in [0.1, 0.15) is 31.2 Å². The molecular formula is C14H19N3O. The largest absolute Gasteiger partial charge is 0.334 e. The monoisotopic (exact) mass is 245 g/mol. The summed E-state index contributed by atoms with van der Waals surface area (Å²) in [4.78, 5) is 4.41. The molecule has 0 saturated heterocycles. The van der Waals surface area contributed by atoms with Crippen LogP contribution in [0.2, 0.25) is 0 Å². The van der Waals surface area contributed by atoms with Crippen molar-refractivity contribution in [1.29, 1.82) is 0 Å². The first kappa shape index (κ1) is 12.8. The third-order valence-corrected chi connectivity index (χ3v) is 2.83. The Labute approximate surface area is 107 Å². The summed E-state index contributed by atoms with van der Waals surface area (Å²) in [7, 11) is 0. The van der Waals surface area contributed by atoms with Gasteiger partial charge in [0.1, 0.15) is 0 Å². The smallest absolute Gasteiger partial charge is 0.257 e. The van der Waals surface area contributed by atoms with Gasteiger partial charge >= 0.3 is 0 Å². The summed E-state index contributed by atoms with van der Waals surface area (Å²) in [5, 5.41) is 3.99. The highest BCUT2D eigenvalue weighted by atomic mass is 16.5. The van der Waals surface area contributed by atoms with Crippen LogP contribution < -0.4 is 5.73 Å². The molecule has 18 heavy (non-hydrogen) atoms. The highest BCUT2D eigenvalue weighted by Crippen LogP contribution is 2.19. The molecule has 4 nitrogen and oxygen atoms in total. The molecule has 0 fully saturated rings. The average molecular weight is 245 g/mol. The van der Waals surface area contributed by atoms with Crippen molar-refractivity contribution >= 4 is 0 Å². The molecular weight excluding hydrogens is 226 g/mol. The van der Waals surface area contributed by atoms with Crippen LogP contribution in [0.4, 0.5) is 0 Å². The Bertz CT molecular complexity index is 493. The number of aryl methyl sites for hydroxylation is 1. The van der Waals surface area contributed by atoms with E-state index in [-0.39, 0.29) is 0 Å². The number of nitrogens with two attached hydrogens (primary N) is 1. The minimum Gasteiger partial charge on any atom is -0.334 e. The van der Waals surface area contributed by atoms with Gasteiger partial charge in [0.2, 0.25) is 0 Å². The highest BCUT2D eigenvalue weighted by Gasteiger charge is 2.08. The minimum absolute atomic E-state index is 0.597. The van der Waals surface area contributed by atoms with E-state index in [0.717, 1.165) is 37.1 Å². The van der Waals surface area contributed by atoms with Crippen LogP contribution in [-0.2, 0) is 12.8 Å². The van der Waals surface area contributed by atoms with Gasteiger partial charge in [-0.1, -0.05) is 30.6 Å². The van der Waals surface area contributed by atoms with Gasteiger partial charge in [0, 0.05) is 12.0 Å². The molecule has 0 saturated carbocycles. The number of rotatable bonds is 6. The molecule has 1 heterocycles. The van der Waals surface area contributed by atoms with E-state index in [1.54, 1.807) is 0 Å². The first-order valence-electron chi connectivity index (χ1n) is 6.45. The summed E-state index contributed by atoms with van der Waals surface area (Å²) in [5.41, 5.74) is 7.72. The molecule has 2 aromatic rings. The second-order valence-corrected chi connectivity index (χ2v) is 4.36. The van der Waals surface area contributed by atoms with E-state index in [1.807, 2.05) is 12.1 Å². The maximum absolute atomic E-state index is 5.56. The lowest BCUT2D eigenvalue weighted by atomic mass is 10.1. The molecule has 4 heteroatoms. The zero-order chi connectivity index (χ0) is 12.8. The maximum atomic E-state index is 5.56. The Balaban J connectivity index is 2.15. The Morgan fingerprint density at radius 1 is 1.28 bits per heavy atom. The summed E-state index contributed by atoms with van der Waals surface area (Å²) in [6, 6.07) is 8.10. The summed E-state index contributed by atoms with van der Waals surface area (Å²) in [5.74, 6) is 1.39. The molecule has 0 radical (unpaired) electrons. The molecule has 96 valence electrons. The van der Waals surface area contributed by atoms with Gasteiger partial charge in [-0.15, -0.1) is 0 Å². The Hall–Kier alpha value is -1.68. The molecule has 1 aromatic carbocycles. The molecule has 0 spiro atoms. The third-order valence-electron chi connectivity index (χ3n) is 2.83. The Kier molecular flexibility index (Phi) is 4.47. The first-order valence-corrected chi connectivity index (χ1v) is 6.45. The van der Waals surface area contributed by atoms with Crippen molar-refractivity contribution in [2.24, 2.45) is 5.73 Å². The lowest BCUT2D eigenvalue weighted by molar-refractivity contribution is 0.421. The molecule has 0 aliphatic rings. The van der Waals surface area contributed by atoms with Gasteiger partial charge in [-0.25, -0.2) is 0 Å². The van der Waals surface area contributed by atoms with Crippen LogP contribution in [0.5, 0.6) is 0 Å². The second kappa shape index (κ2) is 6.31. The molecule has 0 aliphatic carbocycles. The second-order valence-electron chi connectivity index (χ2n) is 4.36. The summed E-state index contributed by atoms with van der Waals surface area (Å²) < 4.78 is 5.29. The third kappa shape index (κ3) is 3.17. The van der Waals surface area contributed by atoms with E-state index in [4.69, 9.17) is 10.3 Å². The molecule has 0 amide bonds. The number of aromatic nitrogens is 2. The summed E-state index contributed by atoms with van der Waals surface area (Å²) >= 11 is 0. The van der Waals surface area contributed by atoms with Crippen molar-refractivity contribution in [1.82, 2.24) is 10.1 Å². The van der Waals surface area contributed by atoms with Gasteiger partial charge in [-0.05, 0) is 37.1 Å². The number of nitrogens with zero attached hydrogens (tertiary/aromatic N) is 2. The zero-order valence-corrected chi connectivity index (χ0v) is 10.7. The Morgan fingerprint density at radius 3 is 2.94 bits per heavy atom. The maximum Gasteiger partial charge on any atom is 0.257 e. The Morgan fingerprint density at radius 2 is 2.17 bits per heavy atom. The molecule has 0 unspecified atom stereocenters. The lowest BCUT2D eigenvalue weighted by Gasteiger charge is -1.99. The van der Waals surface area contributed by atoms with Gasteiger partial charge in [0.25, 0.3) is 5.89 Å². The fourth-order valence-corrected chi connectivity index (χ4v) is 1.83. The molecule has 0 bridgehead atoms.